The maximum absolute atomic E-state index is 10.1. The summed E-state index contributed by atoms with van der Waals surface area (Å²) >= 11 is 1.06. The van der Waals surface area contributed by atoms with Gasteiger partial charge < -0.3 is 10.8 Å². The van der Waals surface area contributed by atoms with Crippen LogP contribution in [0.25, 0.3) is 0 Å². The number of carbonyl (C=O) groups is 1. The number of aliphatic carboxylic acids is 1. The zero-order valence-electron chi connectivity index (χ0n) is 8.83. The summed E-state index contributed by atoms with van der Waals surface area (Å²) in [4.78, 5) is 17.2. The number of hydrogen-bond acceptors (Lipinski definition) is 3. The Morgan fingerprint density at radius 2 is 1.92 bits per heavy atom. The second-order valence-corrected chi connectivity index (χ2v) is 12.8. The van der Waals surface area contributed by atoms with Gasteiger partial charge in [0.25, 0.3) is 0 Å². The standard InChI is InChI=1S/C5H11NO2S.3CH3.Sn/c1-9-3-2-4(6)5(7)8;;;;/h4H,2-3,6H2,1H3,(H,7,8);3*1H3;. The van der Waals surface area contributed by atoms with Gasteiger partial charge in [0.1, 0.15) is 6.04 Å². The Morgan fingerprint density at radius 1 is 1.54 bits per heavy atom. The van der Waals surface area contributed by atoms with Gasteiger partial charge in [0.2, 0.25) is 0 Å². The summed E-state index contributed by atoms with van der Waals surface area (Å²) in [7, 11) is 0. The molecule has 0 fully saturated rings. The molecule has 0 aromatic carbocycles. The Bertz CT molecular complexity index is 131. The molecule has 0 saturated heterocycles. The van der Waals surface area contributed by atoms with E-state index in [9.17, 15) is 4.79 Å². The fourth-order valence-corrected chi connectivity index (χ4v) is 0.858. The average molecular weight is 313 g/mol. The zero-order chi connectivity index (χ0) is 10.9. The minimum atomic E-state index is -0.913. The molecule has 0 heterocycles. The van der Waals surface area contributed by atoms with Gasteiger partial charge in [0.05, 0.1) is 0 Å². The fraction of sp³-hybridized carbons (Fsp3) is 0.875. The second kappa shape index (κ2) is 10.7. The van der Waals surface area contributed by atoms with Gasteiger partial charge in [0, 0.05) is 0 Å². The van der Waals surface area contributed by atoms with Crippen molar-refractivity contribution in [1.29, 1.82) is 0 Å². The first-order chi connectivity index (χ1) is 5.91. The van der Waals surface area contributed by atoms with Crippen molar-refractivity contribution in [3.8, 4) is 0 Å². The molecule has 1 radical (unpaired) electrons. The van der Waals surface area contributed by atoms with Crippen molar-refractivity contribution in [3.05, 3.63) is 0 Å². The Balaban J connectivity index is 0. The molecule has 5 heteroatoms. The fourth-order valence-electron chi connectivity index (χ4n) is 0.368. The van der Waals surface area contributed by atoms with Gasteiger partial charge in [-0.25, -0.2) is 0 Å². The third-order valence-corrected chi connectivity index (χ3v) is 1.59. The first-order valence-corrected chi connectivity index (χ1v) is 14.1. The van der Waals surface area contributed by atoms with Gasteiger partial charge in [-0.3, -0.25) is 4.79 Å². The van der Waals surface area contributed by atoms with E-state index in [0.29, 0.717) is 6.42 Å². The van der Waals surface area contributed by atoms with Crippen LogP contribution >= 0.6 is 11.8 Å². The van der Waals surface area contributed by atoms with Crippen LogP contribution in [0.5, 0.6) is 0 Å². The summed E-state index contributed by atoms with van der Waals surface area (Å²) in [5.41, 5.74) is 5.19. The molecule has 0 aliphatic carbocycles. The van der Waals surface area contributed by atoms with Crippen LogP contribution < -0.4 is 5.73 Å². The molecular formula is C8H20NO2SSn. The number of rotatable bonds is 4. The first kappa shape index (κ1) is 16.0. The predicted octanol–water partition coefficient (Wildman–Crippen LogP) is 1.52. The summed E-state index contributed by atoms with van der Waals surface area (Å²) in [5.74, 6) is -0.1000. The molecule has 0 aromatic rings. The molecule has 0 aliphatic heterocycles. The van der Waals surface area contributed by atoms with Crippen LogP contribution in [0.15, 0.2) is 0 Å². The quantitative estimate of drug-likeness (QED) is 0.773. The predicted molar refractivity (Wildman–Crippen MR) is 62.0 cm³/mol. The molecule has 13 heavy (non-hydrogen) atoms. The van der Waals surface area contributed by atoms with Crippen LogP contribution in [0.1, 0.15) is 6.42 Å². The molecule has 0 amide bonds. The SMILES string of the molecule is CSCCC(N)C(=O)O.[CH3][Sn]([CH3])[CH3]. The zero-order valence-corrected chi connectivity index (χ0v) is 12.5. The van der Waals surface area contributed by atoms with E-state index in [0.717, 1.165) is 5.75 Å². The summed E-state index contributed by atoms with van der Waals surface area (Å²) in [5, 5.41) is 8.27. The topological polar surface area (TPSA) is 63.3 Å². The minimum absolute atomic E-state index is 0.543. The van der Waals surface area contributed by atoms with E-state index in [-0.39, 0.29) is 0 Å². The van der Waals surface area contributed by atoms with Gasteiger partial charge in [-0.15, -0.1) is 0 Å². The molecule has 1 unspecified atom stereocenters. The van der Waals surface area contributed by atoms with Crippen molar-refractivity contribution >= 4 is 37.5 Å². The number of carboxylic acid groups (broad SMARTS) is 1. The molecule has 3 N–H and O–H groups in total. The molecule has 0 bridgehead atoms. The van der Waals surface area contributed by atoms with E-state index in [2.05, 4.69) is 14.8 Å². The number of thioether (sulfide) groups is 1. The Labute approximate surface area is 92.2 Å². The Hall–Kier alpha value is 0.579. The molecule has 0 aromatic heterocycles. The van der Waals surface area contributed by atoms with Crippen LogP contribution in [0, 0.1) is 0 Å². The van der Waals surface area contributed by atoms with Gasteiger partial charge >= 0.3 is 40.5 Å². The van der Waals surface area contributed by atoms with Crippen molar-refractivity contribution in [3.63, 3.8) is 0 Å². The summed E-state index contributed by atoms with van der Waals surface area (Å²) < 4.78 is 0. The Morgan fingerprint density at radius 3 is 2.15 bits per heavy atom. The van der Waals surface area contributed by atoms with Crippen molar-refractivity contribution in [1.82, 2.24) is 0 Å². The van der Waals surface area contributed by atoms with Crippen LogP contribution in [-0.2, 0) is 4.79 Å². The van der Waals surface area contributed by atoms with Crippen LogP contribution in [-0.4, -0.2) is 48.9 Å². The normalized spacial score (nSPS) is 11.8. The third kappa shape index (κ3) is 19.1. The molecule has 0 aliphatic rings. The van der Waals surface area contributed by atoms with E-state index in [1.54, 1.807) is 11.8 Å². The van der Waals surface area contributed by atoms with Gasteiger partial charge in [-0.05, 0) is 18.4 Å². The van der Waals surface area contributed by atoms with E-state index in [1.807, 2.05) is 6.26 Å². The molecule has 1 atom stereocenters. The van der Waals surface area contributed by atoms with Crippen molar-refractivity contribution < 1.29 is 9.90 Å². The molecule has 79 valence electrons. The van der Waals surface area contributed by atoms with Gasteiger partial charge in [-0.2, -0.15) is 11.8 Å². The van der Waals surface area contributed by atoms with Gasteiger partial charge in [-0.1, -0.05) is 0 Å². The summed E-state index contributed by atoms with van der Waals surface area (Å²) in [6, 6.07) is -0.683. The van der Waals surface area contributed by atoms with E-state index < -0.39 is 31.8 Å². The Kier molecular flexibility index (Phi) is 13.1. The number of nitrogens with two attached hydrogens (primary N) is 1. The summed E-state index contributed by atoms with van der Waals surface area (Å²) in [6.07, 6.45) is 2.48. The van der Waals surface area contributed by atoms with E-state index in [1.165, 1.54) is 0 Å². The van der Waals surface area contributed by atoms with E-state index >= 15 is 0 Å². The molecular weight excluding hydrogens is 293 g/mol. The molecule has 0 spiro atoms. The third-order valence-electron chi connectivity index (χ3n) is 0.950. The van der Waals surface area contributed by atoms with Gasteiger partial charge in [0.15, 0.2) is 0 Å². The molecule has 0 rings (SSSR count). The van der Waals surface area contributed by atoms with Crippen molar-refractivity contribution in [2.75, 3.05) is 12.0 Å². The van der Waals surface area contributed by atoms with Crippen LogP contribution in [0.2, 0.25) is 14.8 Å². The second-order valence-electron chi connectivity index (χ2n) is 3.23. The summed E-state index contributed by atoms with van der Waals surface area (Å²) in [6.45, 7) is 0. The van der Waals surface area contributed by atoms with Crippen molar-refractivity contribution in [2.24, 2.45) is 5.73 Å². The van der Waals surface area contributed by atoms with Crippen LogP contribution in [0.3, 0.4) is 0 Å². The molecule has 0 saturated carbocycles. The average Bonchev–Trinajstić information content (AvgIpc) is 1.98. The number of hydrogen-bond donors (Lipinski definition) is 2. The maximum atomic E-state index is 10.1. The number of carboxylic acids is 1. The molecule has 3 nitrogen and oxygen atoms in total. The monoisotopic (exact) mass is 314 g/mol. The van der Waals surface area contributed by atoms with Crippen LogP contribution in [0.4, 0.5) is 0 Å². The van der Waals surface area contributed by atoms with Crippen molar-refractivity contribution in [2.45, 2.75) is 27.3 Å². The van der Waals surface area contributed by atoms with E-state index in [4.69, 9.17) is 10.8 Å². The first-order valence-electron chi connectivity index (χ1n) is 4.15.